The molecule has 0 fully saturated rings. The Morgan fingerprint density at radius 2 is 1.89 bits per heavy atom. The van der Waals surface area contributed by atoms with Crippen LogP contribution < -0.4 is 5.32 Å². The Morgan fingerprint density at radius 3 is 2.37 bits per heavy atom. The van der Waals surface area contributed by atoms with Crippen molar-refractivity contribution in [2.75, 3.05) is 13.7 Å². The molecule has 0 aromatic heterocycles. The Balaban J connectivity index is 2.79. The minimum atomic E-state index is -4.39. The van der Waals surface area contributed by atoms with Crippen LogP contribution in [0.3, 0.4) is 0 Å². The van der Waals surface area contributed by atoms with Crippen LogP contribution in [0.25, 0.3) is 0 Å². The van der Waals surface area contributed by atoms with Gasteiger partial charge in [0.15, 0.2) is 0 Å². The first-order valence-electron chi connectivity index (χ1n) is 5.44. The molecule has 0 radical (unpaired) electrons. The summed E-state index contributed by atoms with van der Waals surface area (Å²) in [5.41, 5.74) is 0.385. The third-order valence-corrected chi connectivity index (χ3v) is 2.42. The van der Waals surface area contributed by atoms with Crippen molar-refractivity contribution >= 4 is 5.97 Å². The summed E-state index contributed by atoms with van der Waals surface area (Å²) >= 11 is 0. The van der Waals surface area contributed by atoms with E-state index in [-0.39, 0.29) is 6.42 Å². The van der Waals surface area contributed by atoms with Gasteiger partial charge in [0.2, 0.25) is 0 Å². The number of carbonyl (C=O) groups is 1. The van der Waals surface area contributed by atoms with Crippen LogP contribution in [0.1, 0.15) is 18.0 Å². The predicted molar refractivity (Wildman–Crippen MR) is 59.8 cm³/mol. The summed E-state index contributed by atoms with van der Waals surface area (Å²) in [5.74, 6) is -1.15. The Morgan fingerprint density at radius 1 is 1.32 bits per heavy atom. The summed E-state index contributed by atoms with van der Waals surface area (Å²) in [6, 6.07) is 4.01. The Labute approximate surface area is 107 Å². The van der Waals surface area contributed by atoms with Crippen molar-refractivity contribution in [1.82, 2.24) is 5.32 Å². The van der Waals surface area contributed by atoms with Gasteiger partial charge in [-0.25, -0.2) is 4.39 Å². The van der Waals surface area contributed by atoms with Crippen LogP contribution in [0, 0.1) is 5.82 Å². The van der Waals surface area contributed by atoms with Gasteiger partial charge in [-0.2, -0.15) is 13.2 Å². The number of benzene rings is 1. The molecule has 0 amide bonds. The first-order valence-corrected chi connectivity index (χ1v) is 5.44. The van der Waals surface area contributed by atoms with Crippen molar-refractivity contribution in [3.8, 4) is 0 Å². The minimum absolute atomic E-state index is 0.266. The zero-order chi connectivity index (χ0) is 14.5. The first-order chi connectivity index (χ1) is 8.81. The molecule has 0 saturated heterocycles. The number of hydrogen-bond donors (Lipinski definition) is 1. The summed E-state index contributed by atoms with van der Waals surface area (Å²) in [7, 11) is 1.15. The lowest BCUT2D eigenvalue weighted by molar-refractivity contribution is -0.143. The highest BCUT2D eigenvalue weighted by molar-refractivity contribution is 5.70. The fourth-order valence-corrected chi connectivity index (χ4v) is 1.49. The first kappa shape index (κ1) is 15.4. The van der Waals surface area contributed by atoms with Crippen molar-refractivity contribution in [3.63, 3.8) is 0 Å². The largest absolute Gasteiger partial charge is 0.469 e. The summed E-state index contributed by atoms with van der Waals surface area (Å²) in [5, 5.41) is 2.21. The van der Waals surface area contributed by atoms with Crippen molar-refractivity contribution in [2.45, 2.75) is 18.6 Å². The van der Waals surface area contributed by atoms with Crippen LogP contribution in [-0.4, -0.2) is 25.8 Å². The minimum Gasteiger partial charge on any atom is -0.469 e. The maximum atomic E-state index is 12.8. The number of methoxy groups -OCH3 is 1. The second kappa shape index (κ2) is 6.51. The van der Waals surface area contributed by atoms with E-state index in [0.29, 0.717) is 5.56 Å². The topological polar surface area (TPSA) is 38.3 Å². The quantitative estimate of drug-likeness (QED) is 0.665. The number of nitrogens with one attached hydrogen (secondary N) is 1. The molecule has 0 aliphatic carbocycles. The number of halogens is 4. The molecule has 0 heterocycles. The van der Waals surface area contributed by atoms with Crippen LogP contribution in [0.15, 0.2) is 24.3 Å². The molecule has 106 valence electrons. The highest BCUT2D eigenvalue weighted by Crippen LogP contribution is 2.21. The van der Waals surface area contributed by atoms with Crippen LogP contribution in [0.2, 0.25) is 0 Å². The molecule has 7 heteroatoms. The van der Waals surface area contributed by atoms with E-state index in [0.717, 1.165) is 19.2 Å². The van der Waals surface area contributed by atoms with Gasteiger partial charge in [0, 0.05) is 6.04 Å². The third kappa shape index (κ3) is 5.69. The summed E-state index contributed by atoms with van der Waals surface area (Å²) in [6.07, 6.45) is -4.66. The van der Waals surface area contributed by atoms with Crippen LogP contribution >= 0.6 is 0 Å². The molecular formula is C12H13F4NO2. The van der Waals surface area contributed by atoms with Crippen LogP contribution in [-0.2, 0) is 9.53 Å². The van der Waals surface area contributed by atoms with Crippen molar-refractivity contribution < 1.29 is 27.1 Å². The fourth-order valence-electron chi connectivity index (χ4n) is 1.49. The van der Waals surface area contributed by atoms with Crippen LogP contribution in [0.4, 0.5) is 17.6 Å². The van der Waals surface area contributed by atoms with Crippen molar-refractivity contribution in [3.05, 3.63) is 35.6 Å². The lowest BCUT2D eigenvalue weighted by Crippen LogP contribution is -2.33. The second-order valence-corrected chi connectivity index (χ2v) is 3.88. The Kier molecular flexibility index (Phi) is 5.29. The molecule has 0 saturated carbocycles. The summed E-state index contributed by atoms with van der Waals surface area (Å²) in [4.78, 5) is 11.2. The van der Waals surface area contributed by atoms with Gasteiger partial charge in [-0.15, -0.1) is 0 Å². The maximum absolute atomic E-state index is 12.8. The maximum Gasteiger partial charge on any atom is 0.401 e. The monoisotopic (exact) mass is 279 g/mol. The van der Waals surface area contributed by atoms with Crippen molar-refractivity contribution in [2.24, 2.45) is 0 Å². The SMILES string of the molecule is COC(=O)C[C@@H](NCC(F)(F)F)c1ccc(F)cc1. The Hall–Kier alpha value is -1.63. The van der Waals surface area contributed by atoms with E-state index < -0.39 is 30.5 Å². The zero-order valence-electron chi connectivity index (χ0n) is 10.1. The normalized spacial score (nSPS) is 13.1. The molecule has 1 aromatic carbocycles. The average molecular weight is 279 g/mol. The highest BCUT2D eigenvalue weighted by atomic mass is 19.4. The third-order valence-electron chi connectivity index (χ3n) is 2.42. The van der Waals surface area contributed by atoms with E-state index in [1.807, 2.05) is 0 Å². The summed E-state index contributed by atoms with van der Waals surface area (Å²) in [6.45, 7) is -1.24. The standard InChI is InChI=1S/C12H13F4NO2/c1-19-11(18)6-10(17-7-12(14,15)16)8-2-4-9(13)5-3-8/h2-5,10,17H,6-7H2,1H3/t10-/m1/s1. The molecule has 1 aromatic rings. The molecule has 1 atom stereocenters. The lowest BCUT2D eigenvalue weighted by Gasteiger charge is -2.19. The molecule has 3 nitrogen and oxygen atoms in total. The number of rotatable bonds is 5. The zero-order valence-corrected chi connectivity index (χ0v) is 10.1. The molecule has 0 aliphatic rings. The molecule has 0 spiro atoms. The lowest BCUT2D eigenvalue weighted by atomic mass is 10.0. The van der Waals surface area contributed by atoms with Crippen LogP contribution in [0.5, 0.6) is 0 Å². The van der Waals surface area contributed by atoms with Gasteiger partial charge in [-0.3, -0.25) is 4.79 Å². The Bertz CT molecular complexity index is 417. The number of alkyl halides is 3. The summed E-state index contributed by atoms with van der Waals surface area (Å²) < 4.78 is 53.7. The van der Waals surface area contributed by atoms with E-state index in [4.69, 9.17) is 0 Å². The number of carbonyl (C=O) groups excluding carboxylic acids is 1. The van der Waals surface area contributed by atoms with Gasteiger partial charge < -0.3 is 10.1 Å². The molecule has 0 bridgehead atoms. The molecule has 1 N–H and O–H groups in total. The van der Waals surface area contributed by atoms with Gasteiger partial charge in [0.25, 0.3) is 0 Å². The smallest absolute Gasteiger partial charge is 0.401 e. The number of ether oxygens (including phenoxy) is 1. The van der Waals surface area contributed by atoms with Gasteiger partial charge in [0.05, 0.1) is 20.1 Å². The van der Waals surface area contributed by atoms with Gasteiger partial charge >= 0.3 is 12.1 Å². The van der Waals surface area contributed by atoms with Gasteiger partial charge in [-0.1, -0.05) is 12.1 Å². The van der Waals surface area contributed by atoms with E-state index in [2.05, 4.69) is 10.1 Å². The number of hydrogen-bond acceptors (Lipinski definition) is 3. The molecule has 19 heavy (non-hydrogen) atoms. The van der Waals surface area contributed by atoms with E-state index >= 15 is 0 Å². The fraction of sp³-hybridized carbons (Fsp3) is 0.417. The average Bonchev–Trinajstić information content (AvgIpc) is 2.34. The van der Waals surface area contributed by atoms with E-state index in [9.17, 15) is 22.4 Å². The predicted octanol–water partition coefficient (Wildman–Crippen LogP) is 2.58. The van der Waals surface area contributed by atoms with Gasteiger partial charge in [0.1, 0.15) is 5.82 Å². The molecule has 1 rings (SSSR count). The van der Waals surface area contributed by atoms with Crippen molar-refractivity contribution in [1.29, 1.82) is 0 Å². The number of esters is 1. The van der Waals surface area contributed by atoms with E-state index in [1.54, 1.807) is 0 Å². The molecular weight excluding hydrogens is 266 g/mol. The molecule has 0 aliphatic heterocycles. The highest BCUT2D eigenvalue weighted by Gasteiger charge is 2.29. The van der Waals surface area contributed by atoms with E-state index in [1.165, 1.54) is 12.1 Å². The molecule has 0 unspecified atom stereocenters. The van der Waals surface area contributed by atoms with Gasteiger partial charge in [-0.05, 0) is 17.7 Å². The second-order valence-electron chi connectivity index (χ2n) is 3.88.